The third kappa shape index (κ3) is 20.8. The summed E-state index contributed by atoms with van der Waals surface area (Å²) in [5, 5.41) is 12.9. The van der Waals surface area contributed by atoms with Crippen LogP contribution in [0.3, 0.4) is 0 Å². The van der Waals surface area contributed by atoms with Crippen LogP contribution in [0.1, 0.15) is 11.4 Å². The number of aromatic nitrogens is 8. The van der Waals surface area contributed by atoms with Crippen LogP contribution in [0.2, 0.25) is 0 Å². The van der Waals surface area contributed by atoms with Gasteiger partial charge < -0.3 is 0 Å². The maximum absolute atomic E-state index is 6.26. The summed E-state index contributed by atoms with van der Waals surface area (Å²) in [5.41, 5.74) is 13.5. The number of pyridine rings is 8. The average Bonchev–Trinajstić information content (AvgIpc) is 0.758. The van der Waals surface area contributed by atoms with Gasteiger partial charge in [0.15, 0.2) is 0 Å². The van der Waals surface area contributed by atoms with Gasteiger partial charge in [-0.05, 0) is 0 Å². The second-order valence-corrected chi connectivity index (χ2v) is 48.6. The molecule has 0 amide bonds. The number of hydrogen-bond donors (Lipinski definition) is 0. The van der Waals surface area contributed by atoms with Crippen LogP contribution in [0.4, 0.5) is 0 Å². The van der Waals surface area contributed by atoms with E-state index in [0.29, 0.717) is 0 Å². The van der Waals surface area contributed by atoms with Crippen LogP contribution in [0, 0.1) is 13.8 Å². The molecule has 0 fully saturated rings. The molecule has 20 nitrogen and oxygen atoms in total. The van der Waals surface area contributed by atoms with Gasteiger partial charge in [0, 0.05) is 0 Å². The number of hydrogen-bond acceptors (Lipinski definition) is 20. The summed E-state index contributed by atoms with van der Waals surface area (Å²) < 4.78 is 72.0. The Kier molecular flexibility index (Phi) is 29.1. The summed E-state index contributed by atoms with van der Waals surface area (Å²) in [7, 11) is 0. The van der Waals surface area contributed by atoms with Crippen molar-refractivity contribution in [2.24, 2.45) is 0 Å². The van der Waals surface area contributed by atoms with E-state index in [1.807, 2.05) is 220 Å². The molecule has 122 heavy (non-hydrogen) atoms. The number of rotatable bonds is 26. The van der Waals surface area contributed by atoms with Crippen LogP contribution in [0.15, 0.2) is 353 Å². The zero-order valence-corrected chi connectivity index (χ0v) is 85.0. The molecule has 0 bridgehead atoms. The van der Waals surface area contributed by atoms with Gasteiger partial charge in [-0.2, -0.15) is 0 Å². The molecule has 0 saturated carbocycles. The predicted molar refractivity (Wildman–Crippen MR) is 485 cm³/mol. The Balaban J connectivity index is 0.000000117. The Hall–Kier alpha value is -10.2. The summed E-state index contributed by atoms with van der Waals surface area (Å²) in [6.45, 7) is 3.96. The molecule has 12 aromatic carbocycles. The van der Waals surface area contributed by atoms with E-state index in [2.05, 4.69) is 149 Å². The van der Waals surface area contributed by atoms with Crippen molar-refractivity contribution in [3.8, 4) is 68.2 Å². The van der Waals surface area contributed by atoms with Crippen LogP contribution < -0.4 is 28.2 Å². The molecule has 20 rings (SSSR count). The zero-order chi connectivity index (χ0) is 82.4. The van der Waals surface area contributed by atoms with Crippen molar-refractivity contribution in [3.05, 3.63) is 364 Å². The summed E-state index contributed by atoms with van der Waals surface area (Å²) in [6.07, 6.45) is 10.7. The van der Waals surface area contributed by atoms with Gasteiger partial charge in [0.1, 0.15) is 0 Å². The predicted octanol–water partition coefficient (Wildman–Crippen LogP) is 19.6. The normalized spacial score (nSPS) is 10.8. The first-order valence-electron chi connectivity index (χ1n) is 38.7. The van der Waals surface area contributed by atoms with Gasteiger partial charge in [0.05, 0.1) is 0 Å². The Morgan fingerprint density at radius 1 is 0.197 bits per heavy atom. The van der Waals surface area contributed by atoms with E-state index in [4.69, 9.17) is 37.5 Å². The van der Waals surface area contributed by atoms with E-state index in [0.717, 1.165) is 188 Å². The second-order valence-electron chi connectivity index (χ2n) is 27.2. The van der Waals surface area contributed by atoms with Crippen LogP contribution >= 0.6 is 0 Å². The molecule has 0 atom stereocenters. The Morgan fingerprint density at radius 2 is 0.475 bits per heavy atom. The molecule has 8 radical (unpaired) electrons. The Labute approximate surface area is 769 Å². The summed E-state index contributed by atoms with van der Waals surface area (Å²) in [4.78, 5) is 36.2. The molecule has 8 aromatic heterocycles. The first kappa shape index (κ1) is 84.0. The maximum atomic E-state index is 6.26. The molecule has 576 valence electrons. The van der Waals surface area contributed by atoms with Crippen LogP contribution in [0.25, 0.3) is 131 Å². The van der Waals surface area contributed by atoms with E-state index in [9.17, 15) is 0 Å². The van der Waals surface area contributed by atoms with Gasteiger partial charge in [0.25, 0.3) is 0 Å². The van der Waals surface area contributed by atoms with Gasteiger partial charge in [-0.1, -0.05) is 0 Å². The van der Waals surface area contributed by atoms with E-state index in [-0.39, 0.29) is 0 Å². The van der Waals surface area contributed by atoms with Crippen molar-refractivity contribution in [3.63, 3.8) is 0 Å². The number of aryl methyl sites for hydroxylation is 2. The third-order valence-electron chi connectivity index (χ3n) is 19.4. The van der Waals surface area contributed by atoms with Crippen LogP contribution in [-0.4, -0.2) is 185 Å². The van der Waals surface area contributed by atoms with Crippen LogP contribution in [0.5, 0.6) is 46.0 Å². The van der Waals surface area contributed by atoms with E-state index < -0.39 is 145 Å². The van der Waals surface area contributed by atoms with E-state index in [1.165, 1.54) is 0 Å². The summed E-state index contributed by atoms with van der Waals surface area (Å²) >= 11 is -11.2. The minimum absolute atomic E-state index is 0.756. The molecule has 0 aliphatic rings. The van der Waals surface area contributed by atoms with Crippen LogP contribution in [-0.2, 0) is 9.29 Å². The molecule has 0 saturated heterocycles. The number of para-hydroxylation sites is 4. The fraction of sp³-hybridized carbons (Fsp3) is 0.0213. The number of benzene rings is 12. The SMILES string of the molecule is Cc1ccc2cccc([O][Ga][O][Ga][O]c3cccc4ccc(C)nc34)c2n1.c1ccc(-c2ccc([O][Ga][O][Ga][O]c3ccc(-c4ccccc4)c4cccnc34)c3ncccc23)cc1.c1ccc2c([O][Ga][O][Ga][O]c3c4ccccc4cc4cccnc34)c3ncccc3cc2c1.c1cnc2c([O][Ga][O][Ga][O]c3cccc4cccnc34)cccc2c1. The molecule has 28 heteroatoms. The molecule has 0 N–H and O–H groups in total. The minimum atomic E-state index is -1.47. The van der Waals surface area contributed by atoms with Gasteiger partial charge in [0.2, 0.25) is 0 Å². The van der Waals surface area contributed by atoms with Gasteiger partial charge >= 0.3 is 777 Å². The fourth-order valence-corrected chi connectivity index (χ4v) is 27.1. The molecule has 0 spiro atoms. The molecule has 0 aliphatic heterocycles. The molecule has 0 unspecified atom stereocenters. The van der Waals surface area contributed by atoms with Crippen molar-refractivity contribution in [2.45, 2.75) is 13.8 Å². The van der Waals surface area contributed by atoms with E-state index in [1.54, 1.807) is 37.2 Å². The van der Waals surface area contributed by atoms with Gasteiger partial charge in [-0.3, -0.25) is 0 Å². The Bertz CT molecular complexity index is 6530. The topological polar surface area (TPSA) is 214 Å². The first-order chi connectivity index (χ1) is 60.4. The van der Waals surface area contributed by atoms with Crippen molar-refractivity contribution < 1.29 is 37.5 Å². The summed E-state index contributed by atoms with van der Waals surface area (Å²) in [5.74, 6) is 6.25. The molecule has 20 aromatic rings. The van der Waals surface area contributed by atoms with Gasteiger partial charge in [-0.15, -0.1) is 0 Å². The summed E-state index contributed by atoms with van der Waals surface area (Å²) in [6, 6.07) is 105. The zero-order valence-electron chi connectivity index (χ0n) is 65.6. The third-order valence-corrected chi connectivity index (χ3v) is 36.8. The van der Waals surface area contributed by atoms with Gasteiger partial charge in [-0.25, -0.2) is 0 Å². The fourth-order valence-electron chi connectivity index (χ4n) is 13.8. The Morgan fingerprint density at radius 3 is 0.861 bits per heavy atom. The monoisotopic (exact) mass is 2050 g/mol. The number of fused-ring (bicyclic) bond motifs is 10. The standard InChI is InChI=1S/2C15H11NO.2C13H9NO.2C10H9NO.2C9H7NO.8Ga.4O/c2*17-14-9-8-12(11-5-2-1-3-6-11)13-7-4-10-16-15(13)14;2*15-13-11-6-2-1-4-9(11)8-10-5-3-7-14-12(10)13;2*1-7-5-6-8-3-2-4-9(12)10(8)11-7;2*11-8-5-1-3-7-4-2-6-10-9(7)8;;;;;;;;;;;;/h2*1-10,17H;2*1-8,15H;2*2-6,12H,1H3;2*1-6,11H;;;;;;;;;;;;/q;;;;;;;;8*+1;;;;/p-8. The van der Waals surface area contributed by atoms with Crippen molar-refractivity contribution >= 4 is 254 Å². The molecule has 0 aliphatic carbocycles. The van der Waals surface area contributed by atoms with Crippen molar-refractivity contribution in [1.82, 2.24) is 39.9 Å². The van der Waals surface area contributed by atoms with Crippen molar-refractivity contribution in [1.29, 1.82) is 0 Å². The molecular weight excluding hydrogens is 1990 g/mol. The molecule has 8 heterocycles. The number of nitrogens with zero attached hydrogens (tertiary/aromatic N) is 8. The molecular formula is C94H64Ga8N8O12. The second kappa shape index (κ2) is 42.2. The van der Waals surface area contributed by atoms with E-state index >= 15 is 0 Å². The quantitative estimate of drug-likeness (QED) is 0.0280. The average molecular weight is 2060 g/mol. The van der Waals surface area contributed by atoms with Crippen molar-refractivity contribution in [2.75, 3.05) is 0 Å². The first-order valence-corrected chi connectivity index (χ1v) is 54.5.